The second-order valence-electron chi connectivity index (χ2n) is 5.99. The molecule has 1 aromatic carbocycles. The van der Waals surface area contributed by atoms with Gasteiger partial charge in [0.1, 0.15) is 0 Å². The highest BCUT2D eigenvalue weighted by molar-refractivity contribution is 5.87. The van der Waals surface area contributed by atoms with Gasteiger partial charge in [0.15, 0.2) is 0 Å². The lowest BCUT2D eigenvalue weighted by molar-refractivity contribution is -0.151. The molecule has 2 heterocycles. The van der Waals surface area contributed by atoms with Gasteiger partial charge in [0.05, 0.1) is 11.8 Å². The first-order valence-electron chi connectivity index (χ1n) is 7.42. The molecule has 1 saturated heterocycles. The molecule has 0 spiro atoms. The number of carbonyl (C=O) groups excluding carboxylic acids is 1. The number of nitrogens with one attached hydrogen (secondary N) is 1. The van der Waals surface area contributed by atoms with Crippen LogP contribution in [0.25, 0.3) is 0 Å². The largest absolute Gasteiger partial charge is 0.481 e. The summed E-state index contributed by atoms with van der Waals surface area (Å²) >= 11 is 0. The third kappa shape index (κ3) is 2.48. The topological polar surface area (TPSA) is 69.6 Å². The fraction of sp³-hybridized carbons (Fsp3) is 0.500. The summed E-state index contributed by atoms with van der Waals surface area (Å²) in [5.41, 5.74) is 2.10. The number of rotatable bonds is 3. The van der Waals surface area contributed by atoms with Crippen LogP contribution >= 0.6 is 0 Å². The smallest absolute Gasteiger partial charge is 0.306 e. The Morgan fingerprint density at radius 3 is 2.76 bits per heavy atom. The maximum Gasteiger partial charge on any atom is 0.306 e. The average Bonchev–Trinajstić information content (AvgIpc) is 2.44. The number of hydrogen-bond acceptors (Lipinski definition) is 3. The number of carboxylic acids is 1. The van der Waals surface area contributed by atoms with E-state index >= 15 is 0 Å². The molecule has 1 aromatic rings. The molecule has 21 heavy (non-hydrogen) atoms. The molecule has 0 radical (unpaired) electrons. The average molecular weight is 288 g/mol. The van der Waals surface area contributed by atoms with Crippen LogP contribution in [0.2, 0.25) is 0 Å². The van der Waals surface area contributed by atoms with Crippen LogP contribution in [0.4, 0.5) is 5.69 Å². The summed E-state index contributed by atoms with van der Waals surface area (Å²) in [6.45, 7) is 3.65. The number of fused-ring (bicyclic) bond motifs is 1. The Morgan fingerprint density at radius 2 is 2.05 bits per heavy atom. The Balaban J connectivity index is 1.67. The van der Waals surface area contributed by atoms with E-state index in [4.69, 9.17) is 5.11 Å². The van der Waals surface area contributed by atoms with Gasteiger partial charge in [-0.3, -0.25) is 9.59 Å². The highest BCUT2D eigenvalue weighted by Crippen LogP contribution is 2.35. The Bertz CT molecular complexity index is 566. The number of nitrogens with zero attached hydrogens (tertiary/aromatic N) is 1. The van der Waals surface area contributed by atoms with Crippen LogP contribution in [0, 0.1) is 11.8 Å². The number of para-hydroxylation sites is 1. The van der Waals surface area contributed by atoms with Crippen LogP contribution in [0.15, 0.2) is 24.3 Å². The maximum absolute atomic E-state index is 12.6. The third-order valence-electron chi connectivity index (χ3n) is 4.70. The molecule has 0 aromatic heterocycles. The first-order chi connectivity index (χ1) is 10.1. The van der Waals surface area contributed by atoms with Crippen molar-refractivity contribution in [3.63, 3.8) is 0 Å². The van der Waals surface area contributed by atoms with Gasteiger partial charge in [-0.1, -0.05) is 25.1 Å². The van der Waals surface area contributed by atoms with E-state index in [0.717, 1.165) is 24.2 Å². The zero-order valence-electron chi connectivity index (χ0n) is 12.1. The van der Waals surface area contributed by atoms with Crippen LogP contribution in [0.3, 0.4) is 0 Å². The number of carbonyl (C=O) groups is 2. The molecule has 0 aliphatic carbocycles. The number of aliphatic carboxylic acids is 1. The van der Waals surface area contributed by atoms with Gasteiger partial charge in [0, 0.05) is 31.2 Å². The minimum absolute atomic E-state index is 0.0865. The van der Waals surface area contributed by atoms with Gasteiger partial charge in [-0.05, 0) is 18.1 Å². The minimum atomic E-state index is -0.778. The van der Waals surface area contributed by atoms with Crippen molar-refractivity contribution in [2.45, 2.75) is 19.3 Å². The molecule has 112 valence electrons. The molecular formula is C16H20N2O3. The standard InChI is InChI=1S/C16H20N2O3/c1-10(16(20)21)11-8-18(9-11)15(19)13-6-7-17-14-5-3-2-4-12(13)14/h2-5,10-11,13,17H,6-9H2,1H3,(H,20,21). The number of amides is 1. The summed E-state index contributed by atoms with van der Waals surface area (Å²) in [6.07, 6.45) is 0.797. The zero-order valence-corrected chi connectivity index (χ0v) is 12.1. The lowest BCUT2D eigenvalue weighted by Gasteiger charge is -2.43. The molecule has 0 saturated carbocycles. The van der Waals surface area contributed by atoms with E-state index in [1.165, 1.54) is 0 Å². The molecule has 1 fully saturated rings. The Kier molecular flexibility index (Phi) is 3.57. The fourth-order valence-corrected chi connectivity index (χ4v) is 3.16. The maximum atomic E-state index is 12.6. The van der Waals surface area contributed by atoms with Crippen molar-refractivity contribution < 1.29 is 14.7 Å². The highest BCUT2D eigenvalue weighted by Gasteiger charge is 2.40. The Labute approximate surface area is 123 Å². The van der Waals surface area contributed by atoms with Crippen molar-refractivity contribution in [3.05, 3.63) is 29.8 Å². The second kappa shape index (κ2) is 5.39. The minimum Gasteiger partial charge on any atom is -0.481 e. The quantitative estimate of drug-likeness (QED) is 0.889. The molecule has 3 rings (SSSR count). The summed E-state index contributed by atoms with van der Waals surface area (Å²) in [5.74, 6) is -1.03. The van der Waals surface area contributed by atoms with Crippen LogP contribution in [0.5, 0.6) is 0 Å². The van der Waals surface area contributed by atoms with Gasteiger partial charge < -0.3 is 15.3 Å². The van der Waals surface area contributed by atoms with E-state index in [2.05, 4.69) is 5.32 Å². The van der Waals surface area contributed by atoms with E-state index in [-0.39, 0.29) is 23.7 Å². The first kappa shape index (κ1) is 13.9. The molecule has 2 aliphatic heterocycles. The summed E-state index contributed by atoms with van der Waals surface area (Å²) < 4.78 is 0. The van der Waals surface area contributed by atoms with Crippen molar-refractivity contribution in [3.8, 4) is 0 Å². The van der Waals surface area contributed by atoms with E-state index in [0.29, 0.717) is 13.1 Å². The molecule has 2 N–H and O–H groups in total. The van der Waals surface area contributed by atoms with Gasteiger partial charge in [-0.25, -0.2) is 0 Å². The van der Waals surface area contributed by atoms with Crippen LogP contribution in [0.1, 0.15) is 24.8 Å². The van der Waals surface area contributed by atoms with E-state index in [9.17, 15) is 9.59 Å². The molecule has 1 amide bonds. The monoisotopic (exact) mass is 288 g/mol. The van der Waals surface area contributed by atoms with Crippen LogP contribution in [-0.4, -0.2) is 41.5 Å². The Hall–Kier alpha value is -2.04. The molecule has 5 heteroatoms. The molecule has 2 aliphatic rings. The van der Waals surface area contributed by atoms with Crippen LogP contribution in [-0.2, 0) is 9.59 Å². The zero-order chi connectivity index (χ0) is 15.0. The van der Waals surface area contributed by atoms with Crippen molar-refractivity contribution in [1.82, 2.24) is 4.90 Å². The summed E-state index contributed by atoms with van der Waals surface area (Å²) in [5, 5.41) is 12.3. The molecule has 0 bridgehead atoms. The van der Waals surface area contributed by atoms with Gasteiger partial charge in [-0.15, -0.1) is 0 Å². The fourth-order valence-electron chi connectivity index (χ4n) is 3.16. The van der Waals surface area contributed by atoms with E-state index < -0.39 is 5.97 Å². The number of carboxylic acid groups (broad SMARTS) is 1. The van der Waals surface area contributed by atoms with Crippen molar-refractivity contribution in [2.75, 3.05) is 25.0 Å². The van der Waals surface area contributed by atoms with Crippen molar-refractivity contribution in [1.29, 1.82) is 0 Å². The number of benzene rings is 1. The van der Waals surface area contributed by atoms with Crippen LogP contribution < -0.4 is 5.32 Å². The summed E-state index contributed by atoms with van der Waals surface area (Å²) in [7, 11) is 0. The highest BCUT2D eigenvalue weighted by atomic mass is 16.4. The number of hydrogen-bond donors (Lipinski definition) is 2. The predicted octanol–water partition coefficient (Wildman–Crippen LogP) is 1.76. The summed E-state index contributed by atoms with van der Waals surface area (Å²) in [6, 6.07) is 7.92. The Morgan fingerprint density at radius 1 is 1.33 bits per heavy atom. The van der Waals surface area contributed by atoms with Gasteiger partial charge in [-0.2, -0.15) is 0 Å². The van der Waals surface area contributed by atoms with Gasteiger partial charge in [0.2, 0.25) is 5.91 Å². The van der Waals surface area contributed by atoms with Gasteiger partial charge in [0.25, 0.3) is 0 Å². The van der Waals surface area contributed by atoms with Gasteiger partial charge >= 0.3 is 5.97 Å². The SMILES string of the molecule is CC(C(=O)O)C1CN(C(=O)C2CCNc3ccccc32)C1. The molecule has 2 atom stereocenters. The molecule has 2 unspecified atom stereocenters. The van der Waals surface area contributed by atoms with Crippen molar-refractivity contribution in [2.24, 2.45) is 11.8 Å². The molecular weight excluding hydrogens is 268 g/mol. The normalized spacial score (nSPS) is 22.7. The van der Waals surface area contributed by atoms with Crippen molar-refractivity contribution >= 4 is 17.6 Å². The lowest BCUT2D eigenvalue weighted by Crippen LogP contribution is -2.55. The first-order valence-corrected chi connectivity index (χ1v) is 7.42. The number of anilines is 1. The third-order valence-corrected chi connectivity index (χ3v) is 4.70. The lowest BCUT2D eigenvalue weighted by atomic mass is 9.84. The van der Waals surface area contributed by atoms with E-state index in [1.54, 1.807) is 11.8 Å². The van der Waals surface area contributed by atoms with E-state index in [1.807, 2.05) is 24.3 Å². The number of likely N-dealkylation sites (tertiary alicyclic amines) is 1. The molecule has 5 nitrogen and oxygen atoms in total. The second-order valence-corrected chi connectivity index (χ2v) is 5.99. The summed E-state index contributed by atoms with van der Waals surface area (Å²) in [4.78, 5) is 25.4. The predicted molar refractivity (Wildman–Crippen MR) is 79.2 cm³/mol.